The van der Waals surface area contributed by atoms with Gasteiger partial charge in [-0.2, -0.15) is 0 Å². The first-order valence-corrected chi connectivity index (χ1v) is 9.89. The molecule has 0 aliphatic carbocycles. The molecular formula is C24H22N2O3. The smallest absolute Gasteiger partial charge is 0.240 e. The van der Waals surface area contributed by atoms with Crippen LogP contribution in [0.3, 0.4) is 0 Å². The minimum atomic E-state index is -0.665. The summed E-state index contributed by atoms with van der Waals surface area (Å²) < 4.78 is 0. The Balaban J connectivity index is 1.66. The van der Waals surface area contributed by atoms with Crippen LogP contribution >= 0.6 is 0 Å². The molecule has 3 aliphatic heterocycles. The second-order valence-corrected chi connectivity index (χ2v) is 8.30. The summed E-state index contributed by atoms with van der Waals surface area (Å²) in [6, 6.07) is 12.7. The second-order valence-electron chi connectivity index (χ2n) is 8.30. The maximum absolute atomic E-state index is 13.6. The van der Waals surface area contributed by atoms with Gasteiger partial charge >= 0.3 is 0 Å². The number of hydrogen-bond donors (Lipinski definition) is 0. The number of Topliss-reactive ketones (excluding diaryl/α,β-unsaturated/α-hetero) is 1. The highest BCUT2D eigenvalue weighted by atomic mass is 16.2. The molecule has 2 fully saturated rings. The summed E-state index contributed by atoms with van der Waals surface area (Å²) in [7, 11) is 0. The average molecular weight is 386 g/mol. The van der Waals surface area contributed by atoms with Crippen LogP contribution in [-0.4, -0.2) is 28.5 Å². The van der Waals surface area contributed by atoms with Crippen LogP contribution in [0.1, 0.15) is 35.2 Å². The van der Waals surface area contributed by atoms with Crippen molar-refractivity contribution >= 4 is 29.4 Å². The van der Waals surface area contributed by atoms with E-state index in [1.807, 2.05) is 73.5 Å². The molecule has 5 heteroatoms. The molecule has 146 valence electrons. The van der Waals surface area contributed by atoms with Gasteiger partial charge in [0, 0.05) is 6.20 Å². The van der Waals surface area contributed by atoms with Crippen LogP contribution in [0.5, 0.6) is 0 Å². The van der Waals surface area contributed by atoms with E-state index >= 15 is 0 Å². The lowest BCUT2D eigenvalue weighted by molar-refractivity contribution is -0.129. The molecule has 0 bridgehead atoms. The third kappa shape index (κ3) is 2.43. The molecule has 3 aliphatic rings. The third-order valence-electron chi connectivity index (χ3n) is 6.34. The molecule has 0 aromatic heterocycles. The molecule has 0 radical (unpaired) electrons. The Morgan fingerprint density at radius 1 is 0.931 bits per heavy atom. The molecule has 29 heavy (non-hydrogen) atoms. The first-order chi connectivity index (χ1) is 13.9. The molecule has 3 heterocycles. The van der Waals surface area contributed by atoms with Crippen LogP contribution in [-0.2, 0) is 14.4 Å². The number of aryl methyl sites for hydroxylation is 2. The van der Waals surface area contributed by atoms with E-state index in [2.05, 4.69) is 0 Å². The van der Waals surface area contributed by atoms with E-state index in [0.717, 1.165) is 22.3 Å². The predicted molar refractivity (Wildman–Crippen MR) is 110 cm³/mol. The SMILES string of the molecule is CC(=O)[C@@H]1[C@@H]2C(=O)N(c3cc(C)cc(C)c3)C(=O)[C@@H]2[C@H]2c3ccccc3C=CN12. The summed E-state index contributed by atoms with van der Waals surface area (Å²) in [5.41, 5.74) is 4.61. The molecule has 2 saturated heterocycles. The van der Waals surface area contributed by atoms with Crippen LogP contribution in [0.4, 0.5) is 5.69 Å². The Hall–Kier alpha value is -3.21. The number of rotatable bonds is 2. The molecule has 2 aromatic rings. The van der Waals surface area contributed by atoms with Gasteiger partial charge in [0.05, 0.1) is 29.6 Å². The summed E-state index contributed by atoms with van der Waals surface area (Å²) in [4.78, 5) is 42.9. The van der Waals surface area contributed by atoms with Gasteiger partial charge in [-0.15, -0.1) is 0 Å². The van der Waals surface area contributed by atoms with Gasteiger partial charge < -0.3 is 4.90 Å². The molecule has 2 amide bonds. The van der Waals surface area contributed by atoms with Crippen molar-refractivity contribution in [3.05, 3.63) is 70.9 Å². The van der Waals surface area contributed by atoms with E-state index in [1.54, 1.807) is 0 Å². The lowest BCUT2D eigenvalue weighted by Crippen LogP contribution is -2.43. The lowest BCUT2D eigenvalue weighted by Gasteiger charge is -2.35. The lowest BCUT2D eigenvalue weighted by atomic mass is 9.84. The fourth-order valence-electron chi connectivity index (χ4n) is 5.36. The van der Waals surface area contributed by atoms with Crippen LogP contribution in [0.25, 0.3) is 6.08 Å². The highest BCUT2D eigenvalue weighted by Gasteiger charge is 2.63. The van der Waals surface area contributed by atoms with E-state index in [-0.39, 0.29) is 23.6 Å². The Morgan fingerprint density at radius 2 is 1.59 bits per heavy atom. The van der Waals surface area contributed by atoms with Crippen molar-refractivity contribution in [1.29, 1.82) is 0 Å². The van der Waals surface area contributed by atoms with Crippen molar-refractivity contribution in [2.45, 2.75) is 32.9 Å². The first-order valence-electron chi connectivity index (χ1n) is 9.89. The number of nitrogens with zero attached hydrogens (tertiary/aromatic N) is 2. The molecule has 0 N–H and O–H groups in total. The number of carbonyl (C=O) groups excluding carboxylic acids is 3. The average Bonchev–Trinajstić information content (AvgIpc) is 3.14. The summed E-state index contributed by atoms with van der Waals surface area (Å²) in [5, 5.41) is 0. The summed E-state index contributed by atoms with van der Waals surface area (Å²) in [6.07, 6.45) is 3.83. The second kappa shape index (κ2) is 6.14. The summed E-state index contributed by atoms with van der Waals surface area (Å²) in [5.74, 6) is -1.81. The number of benzene rings is 2. The van der Waals surface area contributed by atoms with Crippen molar-refractivity contribution < 1.29 is 14.4 Å². The van der Waals surface area contributed by atoms with E-state index in [0.29, 0.717) is 5.69 Å². The van der Waals surface area contributed by atoms with Gasteiger partial charge in [0.15, 0.2) is 5.78 Å². The highest BCUT2D eigenvalue weighted by Crippen LogP contribution is 2.53. The standard InChI is InChI=1S/C24H22N2O3/c1-13-10-14(2)12-17(11-13)26-23(28)19-20(24(26)29)22-18-7-5-4-6-16(18)8-9-25(22)21(19)15(3)27/h4-12,19-22H,1-3H3/t19-,20+,21-,22-/m1/s1. The largest absolute Gasteiger partial charge is 0.359 e. The maximum atomic E-state index is 13.6. The predicted octanol–water partition coefficient (Wildman–Crippen LogP) is 3.41. The van der Waals surface area contributed by atoms with Crippen LogP contribution in [0.15, 0.2) is 48.7 Å². The van der Waals surface area contributed by atoms with Gasteiger partial charge in [-0.3, -0.25) is 14.4 Å². The number of ketones is 1. The molecule has 5 rings (SSSR count). The number of fused-ring (bicyclic) bond motifs is 5. The zero-order valence-corrected chi connectivity index (χ0v) is 16.6. The van der Waals surface area contributed by atoms with Gasteiger partial charge in [0.25, 0.3) is 0 Å². The van der Waals surface area contributed by atoms with Crippen molar-refractivity contribution in [3.8, 4) is 0 Å². The number of hydrogen-bond acceptors (Lipinski definition) is 4. The zero-order valence-electron chi connectivity index (χ0n) is 16.6. The summed E-state index contributed by atoms with van der Waals surface area (Å²) in [6.45, 7) is 5.41. The Labute approximate surface area is 169 Å². The fraction of sp³-hybridized carbons (Fsp3) is 0.292. The Morgan fingerprint density at radius 3 is 2.28 bits per heavy atom. The molecule has 5 nitrogen and oxygen atoms in total. The number of amides is 2. The van der Waals surface area contributed by atoms with E-state index in [9.17, 15) is 14.4 Å². The van der Waals surface area contributed by atoms with E-state index < -0.39 is 17.9 Å². The number of carbonyl (C=O) groups is 3. The van der Waals surface area contributed by atoms with Crippen LogP contribution in [0.2, 0.25) is 0 Å². The van der Waals surface area contributed by atoms with Crippen molar-refractivity contribution in [1.82, 2.24) is 4.90 Å². The quantitative estimate of drug-likeness (QED) is 0.743. The fourth-order valence-corrected chi connectivity index (χ4v) is 5.36. The molecule has 0 saturated carbocycles. The highest BCUT2D eigenvalue weighted by molar-refractivity contribution is 6.24. The third-order valence-corrected chi connectivity index (χ3v) is 6.34. The van der Waals surface area contributed by atoms with Crippen LogP contribution in [0, 0.1) is 25.7 Å². The molecule has 2 aromatic carbocycles. The van der Waals surface area contributed by atoms with Gasteiger partial charge in [0.2, 0.25) is 11.8 Å². The van der Waals surface area contributed by atoms with Gasteiger partial charge in [-0.25, -0.2) is 4.90 Å². The topological polar surface area (TPSA) is 57.7 Å². The Bertz CT molecular complexity index is 1080. The molecule has 0 unspecified atom stereocenters. The number of anilines is 1. The normalized spacial score (nSPS) is 27.1. The van der Waals surface area contributed by atoms with Gasteiger partial charge in [0.1, 0.15) is 0 Å². The Kier molecular flexibility index (Phi) is 3.78. The molecular weight excluding hydrogens is 364 g/mol. The minimum absolute atomic E-state index is 0.0880. The van der Waals surface area contributed by atoms with E-state index in [1.165, 1.54) is 11.8 Å². The van der Waals surface area contributed by atoms with E-state index in [4.69, 9.17) is 0 Å². The zero-order chi connectivity index (χ0) is 20.4. The first kappa shape index (κ1) is 17.9. The summed E-state index contributed by atoms with van der Waals surface area (Å²) >= 11 is 0. The van der Waals surface area contributed by atoms with Crippen molar-refractivity contribution in [3.63, 3.8) is 0 Å². The van der Waals surface area contributed by atoms with Crippen molar-refractivity contribution in [2.75, 3.05) is 4.90 Å². The molecule has 4 atom stereocenters. The van der Waals surface area contributed by atoms with Crippen LogP contribution < -0.4 is 4.90 Å². The van der Waals surface area contributed by atoms with Gasteiger partial charge in [-0.05, 0) is 61.2 Å². The van der Waals surface area contributed by atoms with Gasteiger partial charge in [-0.1, -0.05) is 30.3 Å². The minimum Gasteiger partial charge on any atom is -0.359 e. The monoisotopic (exact) mass is 386 g/mol. The molecule has 0 spiro atoms. The van der Waals surface area contributed by atoms with Crippen molar-refractivity contribution in [2.24, 2.45) is 11.8 Å². The number of imide groups is 1. The maximum Gasteiger partial charge on any atom is 0.240 e.